The summed E-state index contributed by atoms with van der Waals surface area (Å²) in [6.45, 7) is 0. The molecule has 0 saturated carbocycles. The Kier molecular flexibility index (Phi) is 3.89. The van der Waals surface area contributed by atoms with Gasteiger partial charge >= 0.3 is 0 Å². The van der Waals surface area contributed by atoms with Crippen LogP contribution in [0.5, 0.6) is 5.75 Å². The van der Waals surface area contributed by atoms with E-state index in [0.29, 0.717) is 27.5 Å². The molecule has 0 amide bonds. The van der Waals surface area contributed by atoms with Gasteiger partial charge in [0.05, 0.1) is 5.57 Å². The number of fused-ring (bicyclic) bond motifs is 4. The SMILES string of the molecule is O=C1C2=C(C(=O)c3ccccc31)C(c1ccccc1Cl)c1c(ccc3ccccc13)O2. The molecule has 4 heteroatoms. The molecule has 0 bridgehead atoms. The third-order valence-electron chi connectivity index (χ3n) is 6.05. The van der Waals surface area contributed by atoms with E-state index in [1.54, 1.807) is 30.3 Å². The van der Waals surface area contributed by atoms with Crippen molar-refractivity contribution < 1.29 is 14.3 Å². The van der Waals surface area contributed by atoms with Crippen LogP contribution in [0.2, 0.25) is 5.02 Å². The normalized spacial score (nSPS) is 17.1. The van der Waals surface area contributed by atoms with Gasteiger partial charge in [-0.2, -0.15) is 0 Å². The molecule has 1 aliphatic carbocycles. The van der Waals surface area contributed by atoms with Crippen molar-refractivity contribution in [2.45, 2.75) is 5.92 Å². The number of ketones is 2. The highest BCUT2D eigenvalue weighted by atomic mass is 35.5. The summed E-state index contributed by atoms with van der Waals surface area (Å²) in [5.74, 6) is -0.322. The molecule has 0 N–H and O–H groups in total. The average molecular weight is 423 g/mol. The zero-order chi connectivity index (χ0) is 21.1. The van der Waals surface area contributed by atoms with Crippen molar-refractivity contribution in [1.29, 1.82) is 0 Å². The molecule has 3 nitrogen and oxygen atoms in total. The molecule has 6 rings (SSSR count). The maximum absolute atomic E-state index is 13.7. The van der Waals surface area contributed by atoms with Crippen molar-refractivity contribution in [3.63, 3.8) is 0 Å². The van der Waals surface area contributed by atoms with Crippen molar-refractivity contribution in [2.75, 3.05) is 0 Å². The van der Waals surface area contributed by atoms with E-state index in [0.717, 1.165) is 21.9 Å². The third kappa shape index (κ3) is 2.54. The number of benzene rings is 4. The summed E-state index contributed by atoms with van der Waals surface area (Å²) < 4.78 is 6.14. The fourth-order valence-corrected chi connectivity index (χ4v) is 4.92. The fraction of sp³-hybridized carbons (Fsp3) is 0.0370. The lowest BCUT2D eigenvalue weighted by atomic mass is 9.74. The Morgan fingerprint density at radius 2 is 1.39 bits per heavy atom. The number of rotatable bonds is 1. The molecule has 31 heavy (non-hydrogen) atoms. The summed E-state index contributed by atoms with van der Waals surface area (Å²) in [5.41, 5.74) is 2.74. The average Bonchev–Trinajstić information content (AvgIpc) is 2.81. The van der Waals surface area contributed by atoms with Gasteiger partial charge in [0.1, 0.15) is 5.75 Å². The van der Waals surface area contributed by atoms with Gasteiger partial charge in [0.25, 0.3) is 0 Å². The van der Waals surface area contributed by atoms with E-state index in [1.807, 2.05) is 54.6 Å². The maximum atomic E-state index is 13.7. The Labute approximate surface area is 183 Å². The number of hydrogen-bond acceptors (Lipinski definition) is 3. The first-order valence-electron chi connectivity index (χ1n) is 10.0. The monoisotopic (exact) mass is 422 g/mol. The molecule has 148 valence electrons. The fourth-order valence-electron chi connectivity index (χ4n) is 4.67. The highest BCUT2D eigenvalue weighted by Gasteiger charge is 2.43. The number of halogens is 1. The topological polar surface area (TPSA) is 43.4 Å². The molecule has 0 fully saturated rings. The van der Waals surface area contributed by atoms with Crippen molar-refractivity contribution in [1.82, 2.24) is 0 Å². The van der Waals surface area contributed by atoms with E-state index in [-0.39, 0.29) is 17.3 Å². The van der Waals surface area contributed by atoms with Crippen LogP contribution in [-0.2, 0) is 0 Å². The van der Waals surface area contributed by atoms with Crippen molar-refractivity contribution in [3.05, 3.63) is 124 Å². The smallest absolute Gasteiger partial charge is 0.229 e. The number of hydrogen-bond donors (Lipinski definition) is 0. The number of carbonyl (C=O) groups excluding carboxylic acids is 2. The standard InChI is InChI=1S/C27H15ClO3/c28-20-12-6-5-11-19(20)23-22-16-8-2-1-7-15(16)13-14-21(22)31-27-24(23)25(29)17-9-3-4-10-18(17)26(27)30/h1-14,23H. The van der Waals surface area contributed by atoms with Crippen LogP contribution in [0.15, 0.2) is 96.3 Å². The zero-order valence-electron chi connectivity index (χ0n) is 16.3. The Balaban J connectivity index is 1.72. The second kappa shape index (κ2) is 6.66. The lowest BCUT2D eigenvalue weighted by Gasteiger charge is -2.33. The van der Waals surface area contributed by atoms with Gasteiger partial charge in [0.15, 0.2) is 11.5 Å². The van der Waals surface area contributed by atoms with E-state index in [4.69, 9.17) is 16.3 Å². The minimum atomic E-state index is -0.511. The summed E-state index contributed by atoms with van der Waals surface area (Å²) in [5, 5.41) is 2.54. The van der Waals surface area contributed by atoms with Gasteiger partial charge in [-0.15, -0.1) is 0 Å². The molecule has 1 atom stereocenters. The van der Waals surface area contributed by atoms with E-state index >= 15 is 0 Å². The molecule has 2 aliphatic rings. The van der Waals surface area contributed by atoms with Crippen LogP contribution in [0.25, 0.3) is 10.8 Å². The number of ether oxygens (including phenoxy) is 1. The van der Waals surface area contributed by atoms with Gasteiger partial charge in [-0.25, -0.2) is 0 Å². The van der Waals surface area contributed by atoms with Crippen LogP contribution in [-0.4, -0.2) is 11.6 Å². The Bertz CT molecular complexity index is 1460. The van der Waals surface area contributed by atoms with Gasteiger partial charge in [0, 0.05) is 27.6 Å². The Morgan fingerprint density at radius 3 is 2.19 bits per heavy atom. The molecule has 1 heterocycles. The lowest BCUT2D eigenvalue weighted by molar-refractivity contribution is 0.0927. The summed E-state index contributed by atoms with van der Waals surface area (Å²) >= 11 is 6.63. The second-order valence-electron chi connectivity index (χ2n) is 7.70. The first-order valence-corrected chi connectivity index (χ1v) is 10.4. The van der Waals surface area contributed by atoms with E-state index in [2.05, 4.69) is 0 Å². The predicted molar refractivity (Wildman–Crippen MR) is 120 cm³/mol. The van der Waals surface area contributed by atoms with Gasteiger partial charge in [0.2, 0.25) is 5.78 Å². The van der Waals surface area contributed by atoms with Crippen LogP contribution < -0.4 is 4.74 Å². The molecular formula is C27H15ClO3. The first-order chi connectivity index (χ1) is 15.1. The minimum Gasteiger partial charge on any atom is -0.452 e. The number of carbonyl (C=O) groups is 2. The summed E-state index contributed by atoms with van der Waals surface area (Å²) in [4.78, 5) is 27.1. The van der Waals surface area contributed by atoms with Crippen molar-refractivity contribution >= 4 is 33.9 Å². The molecular weight excluding hydrogens is 408 g/mol. The third-order valence-corrected chi connectivity index (χ3v) is 6.39. The molecule has 0 saturated heterocycles. The molecule has 0 spiro atoms. The van der Waals surface area contributed by atoms with Crippen molar-refractivity contribution in [2.24, 2.45) is 0 Å². The lowest BCUT2D eigenvalue weighted by Crippen LogP contribution is -2.31. The van der Waals surface area contributed by atoms with Gasteiger partial charge in [-0.05, 0) is 28.5 Å². The molecule has 1 aliphatic heterocycles. The van der Waals surface area contributed by atoms with Crippen LogP contribution >= 0.6 is 11.6 Å². The van der Waals surface area contributed by atoms with E-state index < -0.39 is 5.92 Å². The predicted octanol–water partition coefficient (Wildman–Crippen LogP) is 6.35. The summed E-state index contributed by atoms with van der Waals surface area (Å²) in [7, 11) is 0. The Morgan fingerprint density at radius 1 is 0.710 bits per heavy atom. The van der Waals surface area contributed by atoms with E-state index in [1.165, 1.54) is 0 Å². The molecule has 1 unspecified atom stereocenters. The Hall–Kier alpha value is -3.69. The highest BCUT2D eigenvalue weighted by molar-refractivity contribution is 6.32. The molecule has 4 aromatic rings. The first kappa shape index (κ1) is 18.1. The number of Topliss-reactive ketones (excluding diaryl/α,β-unsaturated/α-hetero) is 2. The second-order valence-corrected chi connectivity index (χ2v) is 8.11. The van der Waals surface area contributed by atoms with E-state index in [9.17, 15) is 9.59 Å². The van der Waals surface area contributed by atoms with Gasteiger partial charge in [-0.1, -0.05) is 84.4 Å². The van der Waals surface area contributed by atoms with Gasteiger partial charge in [-0.3, -0.25) is 9.59 Å². The van der Waals surface area contributed by atoms with Gasteiger partial charge < -0.3 is 4.74 Å². The van der Waals surface area contributed by atoms with Crippen LogP contribution in [0, 0.1) is 0 Å². The summed E-state index contributed by atoms with van der Waals surface area (Å²) in [6, 6.07) is 26.1. The zero-order valence-corrected chi connectivity index (χ0v) is 17.0. The molecule has 0 radical (unpaired) electrons. The summed E-state index contributed by atoms with van der Waals surface area (Å²) in [6.07, 6.45) is 0. The maximum Gasteiger partial charge on any atom is 0.229 e. The number of allylic oxidation sites excluding steroid dienone is 2. The van der Waals surface area contributed by atoms with Crippen molar-refractivity contribution in [3.8, 4) is 5.75 Å². The quantitative estimate of drug-likeness (QED) is 0.359. The minimum absolute atomic E-state index is 0.0939. The molecule has 0 aromatic heterocycles. The van der Waals surface area contributed by atoms with Crippen LogP contribution in [0.4, 0.5) is 0 Å². The van der Waals surface area contributed by atoms with Crippen LogP contribution in [0.1, 0.15) is 37.8 Å². The van der Waals surface area contributed by atoms with Crippen LogP contribution in [0.3, 0.4) is 0 Å². The largest absolute Gasteiger partial charge is 0.452 e. The highest BCUT2D eigenvalue weighted by Crippen LogP contribution is 2.50. The molecule has 4 aromatic carbocycles.